The van der Waals surface area contributed by atoms with Crippen molar-refractivity contribution in [3.05, 3.63) is 101 Å². The third-order valence-electron chi connectivity index (χ3n) is 5.81. The quantitative estimate of drug-likeness (QED) is 0.227. The highest BCUT2D eigenvalue weighted by Crippen LogP contribution is 2.30. The zero-order valence-electron chi connectivity index (χ0n) is 19.7. The van der Waals surface area contributed by atoms with Crippen molar-refractivity contribution in [2.45, 2.75) is 26.7 Å². The van der Waals surface area contributed by atoms with Crippen LogP contribution in [0.2, 0.25) is 0 Å². The van der Waals surface area contributed by atoms with Crippen molar-refractivity contribution in [3.8, 4) is 11.3 Å². The molecule has 2 heterocycles. The molecule has 0 spiro atoms. The molecule has 0 aliphatic rings. The molecule has 0 aliphatic carbocycles. The number of carbonyl (C=O) groups excluding carboxylic acids is 2. The van der Waals surface area contributed by atoms with E-state index in [4.69, 9.17) is 4.52 Å². The van der Waals surface area contributed by atoms with Crippen LogP contribution in [-0.4, -0.2) is 28.4 Å². The van der Waals surface area contributed by atoms with Gasteiger partial charge >= 0.3 is 0 Å². The fraction of sp³-hybridized carbons (Fsp3) is 0.179. The van der Waals surface area contributed by atoms with E-state index in [2.05, 4.69) is 35.0 Å². The SMILES string of the molecule is C=C/C(=C\CCC)CNC(=O)c1ccc2c(C(=O)c3c(-c4ccc(F)cc4)noc3C)c[nH]c2c1. The predicted octanol–water partition coefficient (Wildman–Crippen LogP) is 6.14. The number of aromatic amines is 1. The largest absolute Gasteiger partial charge is 0.360 e. The first-order valence-corrected chi connectivity index (χ1v) is 11.4. The number of benzene rings is 2. The lowest BCUT2D eigenvalue weighted by Crippen LogP contribution is -2.25. The lowest BCUT2D eigenvalue weighted by Gasteiger charge is -2.07. The zero-order chi connectivity index (χ0) is 24.9. The van der Waals surface area contributed by atoms with Crippen LogP contribution in [0.25, 0.3) is 22.2 Å². The maximum absolute atomic E-state index is 13.5. The van der Waals surface area contributed by atoms with E-state index >= 15 is 0 Å². The van der Waals surface area contributed by atoms with E-state index in [-0.39, 0.29) is 17.5 Å². The van der Waals surface area contributed by atoms with E-state index in [1.54, 1.807) is 49.5 Å². The van der Waals surface area contributed by atoms with Gasteiger partial charge < -0.3 is 14.8 Å². The number of fused-ring (bicyclic) bond motifs is 1. The Labute approximate surface area is 202 Å². The fourth-order valence-corrected chi connectivity index (χ4v) is 3.88. The van der Waals surface area contributed by atoms with Crippen molar-refractivity contribution in [3.63, 3.8) is 0 Å². The Balaban J connectivity index is 1.59. The Kier molecular flexibility index (Phi) is 7.06. The number of halogens is 1. The Hall–Kier alpha value is -4.26. The van der Waals surface area contributed by atoms with Gasteiger partial charge in [-0.2, -0.15) is 0 Å². The number of hydrogen-bond donors (Lipinski definition) is 2. The number of aryl methyl sites for hydroxylation is 1. The van der Waals surface area contributed by atoms with Crippen molar-refractivity contribution < 1.29 is 18.5 Å². The van der Waals surface area contributed by atoms with Crippen molar-refractivity contribution in [1.82, 2.24) is 15.5 Å². The van der Waals surface area contributed by atoms with Gasteiger partial charge in [0, 0.05) is 40.3 Å². The van der Waals surface area contributed by atoms with Gasteiger partial charge in [-0.1, -0.05) is 43.3 Å². The van der Waals surface area contributed by atoms with Gasteiger partial charge in [-0.05, 0) is 55.3 Å². The zero-order valence-corrected chi connectivity index (χ0v) is 19.7. The molecule has 2 aromatic carbocycles. The molecule has 0 unspecified atom stereocenters. The lowest BCUT2D eigenvalue weighted by molar-refractivity contribution is 0.0956. The summed E-state index contributed by atoms with van der Waals surface area (Å²) in [6.07, 6.45) is 7.37. The normalized spacial score (nSPS) is 11.6. The maximum atomic E-state index is 13.5. The minimum atomic E-state index is -0.379. The van der Waals surface area contributed by atoms with E-state index in [1.807, 2.05) is 0 Å². The van der Waals surface area contributed by atoms with Crippen LogP contribution in [0, 0.1) is 12.7 Å². The molecule has 4 rings (SSSR count). The first kappa shape index (κ1) is 23.9. The number of aromatic nitrogens is 2. The molecule has 7 heteroatoms. The van der Waals surface area contributed by atoms with Crippen molar-refractivity contribution in [2.75, 3.05) is 6.54 Å². The van der Waals surface area contributed by atoms with Gasteiger partial charge in [0.2, 0.25) is 5.78 Å². The summed E-state index contributed by atoms with van der Waals surface area (Å²) in [5, 5.41) is 7.61. The molecule has 6 nitrogen and oxygen atoms in total. The summed E-state index contributed by atoms with van der Waals surface area (Å²) >= 11 is 0. The minimum absolute atomic E-state index is 0.216. The molecule has 35 heavy (non-hydrogen) atoms. The number of allylic oxidation sites excluding steroid dienone is 1. The molecule has 0 saturated heterocycles. The molecule has 0 atom stereocenters. The van der Waals surface area contributed by atoms with Crippen LogP contribution < -0.4 is 5.32 Å². The average Bonchev–Trinajstić information content (AvgIpc) is 3.47. The fourth-order valence-electron chi connectivity index (χ4n) is 3.88. The van der Waals surface area contributed by atoms with Gasteiger partial charge in [-0.15, -0.1) is 0 Å². The van der Waals surface area contributed by atoms with Gasteiger partial charge in [0.05, 0.1) is 5.56 Å². The highest BCUT2D eigenvalue weighted by atomic mass is 19.1. The number of nitrogens with zero attached hydrogens (tertiary/aromatic N) is 1. The summed E-state index contributed by atoms with van der Waals surface area (Å²) < 4.78 is 18.7. The first-order valence-electron chi connectivity index (χ1n) is 11.4. The van der Waals surface area contributed by atoms with Crippen LogP contribution in [0.1, 0.15) is 51.8 Å². The summed E-state index contributed by atoms with van der Waals surface area (Å²) in [5.41, 5.74) is 3.78. The molecule has 1 amide bonds. The molecule has 0 fully saturated rings. The molecular weight excluding hydrogens is 445 g/mol. The molecule has 0 saturated carbocycles. The van der Waals surface area contributed by atoms with Crippen molar-refractivity contribution in [2.24, 2.45) is 0 Å². The van der Waals surface area contributed by atoms with Crippen LogP contribution in [-0.2, 0) is 0 Å². The smallest absolute Gasteiger partial charge is 0.251 e. The van der Waals surface area contributed by atoms with Crippen LogP contribution in [0.5, 0.6) is 0 Å². The molecule has 4 aromatic rings. The lowest BCUT2D eigenvalue weighted by atomic mass is 9.97. The Morgan fingerprint density at radius 1 is 1.20 bits per heavy atom. The predicted molar refractivity (Wildman–Crippen MR) is 134 cm³/mol. The molecule has 178 valence electrons. The first-order chi connectivity index (χ1) is 16.9. The summed E-state index contributed by atoms with van der Waals surface area (Å²) in [5.74, 6) is -0.500. The third kappa shape index (κ3) is 4.99. The third-order valence-corrected chi connectivity index (χ3v) is 5.81. The number of ketones is 1. The molecule has 0 bridgehead atoms. The molecule has 2 N–H and O–H groups in total. The molecule has 0 radical (unpaired) electrons. The van der Waals surface area contributed by atoms with Gasteiger partial charge in [0.15, 0.2) is 0 Å². The average molecular weight is 472 g/mol. The second-order valence-corrected chi connectivity index (χ2v) is 8.22. The van der Waals surface area contributed by atoms with E-state index in [0.29, 0.717) is 51.2 Å². The molecular formula is C28H26FN3O3. The highest BCUT2D eigenvalue weighted by Gasteiger charge is 2.25. The van der Waals surface area contributed by atoms with Crippen molar-refractivity contribution >= 4 is 22.6 Å². The summed E-state index contributed by atoms with van der Waals surface area (Å²) in [6.45, 7) is 7.95. The second kappa shape index (κ2) is 10.3. The number of amides is 1. The Bertz CT molecular complexity index is 1430. The van der Waals surface area contributed by atoms with E-state index in [0.717, 1.165) is 18.4 Å². The standard InChI is InChI=1S/C28H26FN3O3/c1-4-6-7-18(5-2)15-31-28(34)20-10-13-22-23(16-30-24(22)14-20)27(33)25-17(3)35-32-26(25)19-8-11-21(29)12-9-19/h5,7-14,16,30H,2,4,6,15H2,1,3H3,(H,31,34)/b18-7+. The summed E-state index contributed by atoms with van der Waals surface area (Å²) in [7, 11) is 0. The van der Waals surface area contributed by atoms with E-state index < -0.39 is 0 Å². The van der Waals surface area contributed by atoms with Gasteiger partial charge in [0.1, 0.15) is 17.3 Å². The van der Waals surface area contributed by atoms with E-state index in [1.165, 1.54) is 12.1 Å². The van der Waals surface area contributed by atoms with Crippen LogP contribution in [0.3, 0.4) is 0 Å². The Morgan fingerprint density at radius 2 is 1.97 bits per heavy atom. The minimum Gasteiger partial charge on any atom is -0.360 e. The number of carbonyl (C=O) groups is 2. The van der Waals surface area contributed by atoms with E-state index in [9.17, 15) is 14.0 Å². The second-order valence-electron chi connectivity index (χ2n) is 8.22. The number of hydrogen-bond acceptors (Lipinski definition) is 4. The Morgan fingerprint density at radius 3 is 2.69 bits per heavy atom. The van der Waals surface area contributed by atoms with Gasteiger partial charge in [-0.3, -0.25) is 9.59 Å². The topological polar surface area (TPSA) is 88.0 Å². The number of H-pyrrole nitrogens is 1. The summed E-state index contributed by atoms with van der Waals surface area (Å²) in [4.78, 5) is 29.3. The van der Waals surface area contributed by atoms with Crippen LogP contribution in [0.4, 0.5) is 4.39 Å². The van der Waals surface area contributed by atoms with Crippen LogP contribution >= 0.6 is 0 Å². The number of rotatable bonds is 9. The van der Waals surface area contributed by atoms with Gasteiger partial charge in [0.25, 0.3) is 5.91 Å². The maximum Gasteiger partial charge on any atom is 0.251 e. The molecule has 0 aliphatic heterocycles. The number of nitrogens with one attached hydrogen (secondary N) is 2. The van der Waals surface area contributed by atoms with Gasteiger partial charge in [-0.25, -0.2) is 4.39 Å². The van der Waals surface area contributed by atoms with Crippen LogP contribution in [0.15, 0.2) is 77.5 Å². The monoisotopic (exact) mass is 471 g/mol. The molecule has 2 aromatic heterocycles. The number of unbranched alkanes of at least 4 members (excludes halogenated alkanes) is 1. The summed E-state index contributed by atoms with van der Waals surface area (Å²) in [6, 6.07) is 10.9. The van der Waals surface area contributed by atoms with Crippen molar-refractivity contribution in [1.29, 1.82) is 0 Å². The highest BCUT2D eigenvalue weighted by molar-refractivity contribution is 6.19.